The Kier molecular flexibility index (Phi) is 2.83. The number of amides is 1. The number of cyclic esters (lactones) is 1. The number of benzene rings is 1. The number of rotatable bonds is 5. The van der Waals surface area contributed by atoms with Gasteiger partial charge in [-0.1, -0.05) is 6.07 Å². The van der Waals surface area contributed by atoms with Gasteiger partial charge in [-0.2, -0.15) is 0 Å². The van der Waals surface area contributed by atoms with E-state index in [2.05, 4.69) is 17.4 Å². The molecule has 4 heteroatoms. The molecule has 0 unspecified atom stereocenters. The fourth-order valence-electron chi connectivity index (χ4n) is 3.12. The van der Waals surface area contributed by atoms with Crippen LogP contribution in [0.5, 0.6) is 0 Å². The molecular formula is C16H20N2O2. The summed E-state index contributed by atoms with van der Waals surface area (Å²) in [5.74, 6) is 1.73. The second-order valence-corrected chi connectivity index (χ2v) is 6.16. The molecule has 0 aromatic heterocycles. The van der Waals surface area contributed by atoms with Crippen LogP contribution in [0.1, 0.15) is 25.7 Å². The standard InChI is InChI=1S/C16H20N2O2/c19-16-18(8-9-20-16)14-3-1-2-13(10-14)17-15(11-4-5-11)12-6-7-12/h1-3,10-12,15,17H,4-9H2. The summed E-state index contributed by atoms with van der Waals surface area (Å²) in [4.78, 5) is 13.3. The molecule has 0 bridgehead atoms. The Labute approximate surface area is 119 Å². The molecule has 0 atom stereocenters. The topological polar surface area (TPSA) is 41.6 Å². The maximum Gasteiger partial charge on any atom is 0.414 e. The van der Waals surface area contributed by atoms with E-state index in [4.69, 9.17) is 4.74 Å². The van der Waals surface area contributed by atoms with E-state index in [0.29, 0.717) is 19.2 Å². The van der Waals surface area contributed by atoms with Crippen molar-refractivity contribution in [3.63, 3.8) is 0 Å². The van der Waals surface area contributed by atoms with Crippen molar-refractivity contribution in [2.75, 3.05) is 23.4 Å². The van der Waals surface area contributed by atoms with Crippen molar-refractivity contribution < 1.29 is 9.53 Å². The van der Waals surface area contributed by atoms with E-state index in [1.165, 1.54) is 25.7 Å². The van der Waals surface area contributed by atoms with Crippen LogP contribution in [0, 0.1) is 11.8 Å². The van der Waals surface area contributed by atoms with Crippen LogP contribution in [0.2, 0.25) is 0 Å². The van der Waals surface area contributed by atoms with Crippen LogP contribution in [0.3, 0.4) is 0 Å². The van der Waals surface area contributed by atoms with Crippen molar-refractivity contribution in [2.24, 2.45) is 11.8 Å². The number of carbonyl (C=O) groups is 1. The zero-order chi connectivity index (χ0) is 13.5. The molecule has 3 fully saturated rings. The fraction of sp³-hybridized carbons (Fsp3) is 0.562. The summed E-state index contributed by atoms with van der Waals surface area (Å²) < 4.78 is 5.00. The number of anilines is 2. The average Bonchev–Trinajstić information content (AvgIpc) is 3.35. The SMILES string of the molecule is O=C1OCCN1c1cccc(NC(C2CC2)C2CC2)c1. The number of nitrogens with zero attached hydrogens (tertiary/aromatic N) is 1. The minimum absolute atomic E-state index is 0.233. The Morgan fingerprint density at radius 3 is 2.55 bits per heavy atom. The largest absolute Gasteiger partial charge is 0.447 e. The molecule has 1 aromatic carbocycles. The zero-order valence-corrected chi connectivity index (χ0v) is 11.5. The molecular weight excluding hydrogens is 252 g/mol. The smallest absolute Gasteiger partial charge is 0.414 e. The molecule has 2 saturated carbocycles. The highest BCUT2D eigenvalue weighted by Gasteiger charge is 2.41. The van der Waals surface area contributed by atoms with Gasteiger partial charge in [0.25, 0.3) is 0 Å². The first-order chi connectivity index (χ1) is 9.81. The van der Waals surface area contributed by atoms with E-state index in [-0.39, 0.29) is 6.09 Å². The summed E-state index contributed by atoms with van der Waals surface area (Å²) in [5, 5.41) is 3.70. The minimum atomic E-state index is -0.233. The predicted octanol–water partition coefficient (Wildman–Crippen LogP) is 3.24. The van der Waals surface area contributed by atoms with Gasteiger partial charge in [0.15, 0.2) is 0 Å². The quantitative estimate of drug-likeness (QED) is 0.894. The summed E-state index contributed by atoms with van der Waals surface area (Å²) in [5.41, 5.74) is 2.06. The van der Waals surface area contributed by atoms with Gasteiger partial charge in [-0.3, -0.25) is 4.90 Å². The van der Waals surface area contributed by atoms with Gasteiger partial charge < -0.3 is 10.1 Å². The van der Waals surface area contributed by atoms with Gasteiger partial charge in [0, 0.05) is 17.4 Å². The number of hydrogen-bond acceptors (Lipinski definition) is 3. The summed E-state index contributed by atoms with van der Waals surface area (Å²) in [7, 11) is 0. The number of carbonyl (C=O) groups excluding carboxylic acids is 1. The Morgan fingerprint density at radius 1 is 1.20 bits per heavy atom. The summed E-state index contributed by atoms with van der Waals surface area (Å²) in [6.45, 7) is 1.14. The Balaban J connectivity index is 1.51. The van der Waals surface area contributed by atoms with Crippen LogP contribution >= 0.6 is 0 Å². The molecule has 0 spiro atoms. The van der Waals surface area contributed by atoms with E-state index in [9.17, 15) is 4.79 Å². The fourth-order valence-corrected chi connectivity index (χ4v) is 3.12. The summed E-state index contributed by atoms with van der Waals surface area (Å²) >= 11 is 0. The van der Waals surface area contributed by atoms with Gasteiger partial charge in [-0.05, 0) is 55.7 Å². The lowest BCUT2D eigenvalue weighted by Crippen LogP contribution is -2.25. The first-order valence-corrected chi connectivity index (χ1v) is 7.62. The van der Waals surface area contributed by atoms with E-state index in [1.807, 2.05) is 12.1 Å². The molecule has 4 rings (SSSR count). The first kappa shape index (κ1) is 12.1. The van der Waals surface area contributed by atoms with Gasteiger partial charge in [0.1, 0.15) is 6.61 Å². The van der Waals surface area contributed by atoms with Gasteiger partial charge in [0.05, 0.1) is 6.54 Å². The molecule has 4 nitrogen and oxygen atoms in total. The van der Waals surface area contributed by atoms with Crippen molar-refractivity contribution in [3.8, 4) is 0 Å². The average molecular weight is 272 g/mol. The second kappa shape index (κ2) is 4.69. The van der Waals surface area contributed by atoms with Gasteiger partial charge in [-0.15, -0.1) is 0 Å². The third kappa shape index (κ3) is 2.35. The molecule has 106 valence electrons. The van der Waals surface area contributed by atoms with Crippen molar-refractivity contribution in [1.82, 2.24) is 0 Å². The van der Waals surface area contributed by atoms with Crippen LogP contribution < -0.4 is 10.2 Å². The third-order valence-corrected chi connectivity index (χ3v) is 4.51. The van der Waals surface area contributed by atoms with E-state index in [1.54, 1.807) is 4.90 Å². The molecule has 3 aliphatic rings. The van der Waals surface area contributed by atoms with Crippen molar-refractivity contribution in [3.05, 3.63) is 24.3 Å². The molecule has 1 saturated heterocycles. The monoisotopic (exact) mass is 272 g/mol. The first-order valence-electron chi connectivity index (χ1n) is 7.62. The van der Waals surface area contributed by atoms with Crippen molar-refractivity contribution >= 4 is 17.5 Å². The molecule has 20 heavy (non-hydrogen) atoms. The number of hydrogen-bond donors (Lipinski definition) is 1. The van der Waals surface area contributed by atoms with Gasteiger partial charge in [0.2, 0.25) is 0 Å². The predicted molar refractivity (Wildman–Crippen MR) is 78.0 cm³/mol. The highest BCUT2D eigenvalue weighted by Crippen LogP contribution is 2.46. The maximum absolute atomic E-state index is 11.6. The Morgan fingerprint density at radius 2 is 1.95 bits per heavy atom. The molecule has 0 radical (unpaired) electrons. The molecule has 2 aliphatic carbocycles. The molecule has 1 heterocycles. The Hall–Kier alpha value is -1.71. The normalized spacial score (nSPS) is 22.2. The molecule has 1 N–H and O–H groups in total. The lowest BCUT2D eigenvalue weighted by molar-refractivity contribution is 0.181. The lowest BCUT2D eigenvalue weighted by atomic mass is 10.1. The van der Waals surface area contributed by atoms with E-state index in [0.717, 1.165) is 23.2 Å². The highest BCUT2D eigenvalue weighted by molar-refractivity contribution is 5.89. The van der Waals surface area contributed by atoms with E-state index >= 15 is 0 Å². The van der Waals surface area contributed by atoms with Gasteiger partial charge >= 0.3 is 6.09 Å². The molecule has 1 aromatic rings. The third-order valence-electron chi connectivity index (χ3n) is 4.51. The van der Waals surface area contributed by atoms with E-state index < -0.39 is 0 Å². The second-order valence-electron chi connectivity index (χ2n) is 6.16. The minimum Gasteiger partial charge on any atom is -0.447 e. The summed E-state index contributed by atoms with van der Waals surface area (Å²) in [6.07, 6.45) is 5.24. The Bertz CT molecular complexity index is 511. The van der Waals surface area contributed by atoms with Crippen LogP contribution in [-0.4, -0.2) is 25.3 Å². The zero-order valence-electron chi connectivity index (χ0n) is 11.5. The highest BCUT2D eigenvalue weighted by atomic mass is 16.6. The van der Waals surface area contributed by atoms with Crippen LogP contribution in [0.15, 0.2) is 24.3 Å². The molecule has 1 amide bonds. The molecule has 1 aliphatic heterocycles. The van der Waals surface area contributed by atoms with Crippen molar-refractivity contribution in [2.45, 2.75) is 31.7 Å². The summed E-state index contributed by atoms with van der Waals surface area (Å²) in [6, 6.07) is 8.80. The number of ether oxygens (including phenoxy) is 1. The van der Waals surface area contributed by atoms with Crippen LogP contribution in [0.4, 0.5) is 16.2 Å². The maximum atomic E-state index is 11.6. The lowest BCUT2D eigenvalue weighted by Gasteiger charge is -2.20. The van der Waals surface area contributed by atoms with Gasteiger partial charge in [-0.25, -0.2) is 4.79 Å². The van der Waals surface area contributed by atoms with Crippen LogP contribution in [-0.2, 0) is 4.74 Å². The van der Waals surface area contributed by atoms with Crippen LogP contribution in [0.25, 0.3) is 0 Å². The van der Waals surface area contributed by atoms with Crippen molar-refractivity contribution in [1.29, 1.82) is 0 Å². The number of nitrogens with one attached hydrogen (secondary N) is 1.